The zero-order chi connectivity index (χ0) is 18.4. The van der Waals surface area contributed by atoms with Crippen molar-refractivity contribution in [3.8, 4) is 10.6 Å². The molecule has 0 aromatic carbocycles. The molecule has 1 aliphatic rings. The SMILES string of the molecule is CC(C)CN1CCOC(CNC(=O)Cc2csc(-c3cccnc3)n2)C1. The monoisotopic (exact) mass is 374 g/mol. The summed E-state index contributed by atoms with van der Waals surface area (Å²) in [5.74, 6) is 0.625. The summed E-state index contributed by atoms with van der Waals surface area (Å²) in [5.41, 5.74) is 1.77. The molecule has 1 atom stereocenters. The number of hydrogen-bond acceptors (Lipinski definition) is 6. The molecule has 140 valence electrons. The predicted octanol–water partition coefficient (Wildman–Crippen LogP) is 2.22. The summed E-state index contributed by atoms with van der Waals surface area (Å²) in [6, 6.07) is 3.86. The van der Waals surface area contributed by atoms with Crippen molar-refractivity contribution in [2.75, 3.05) is 32.8 Å². The summed E-state index contributed by atoms with van der Waals surface area (Å²) in [4.78, 5) is 23.3. The number of hydrogen-bond donors (Lipinski definition) is 1. The van der Waals surface area contributed by atoms with Crippen molar-refractivity contribution < 1.29 is 9.53 Å². The maximum atomic E-state index is 12.2. The molecule has 1 saturated heterocycles. The van der Waals surface area contributed by atoms with Crippen LogP contribution in [0.5, 0.6) is 0 Å². The van der Waals surface area contributed by atoms with Crippen LogP contribution in [0, 0.1) is 5.92 Å². The van der Waals surface area contributed by atoms with E-state index in [1.54, 1.807) is 12.4 Å². The number of amides is 1. The van der Waals surface area contributed by atoms with Gasteiger partial charge in [0, 0.05) is 49.5 Å². The van der Waals surface area contributed by atoms with Gasteiger partial charge in [-0.2, -0.15) is 0 Å². The average Bonchev–Trinajstić information content (AvgIpc) is 3.09. The van der Waals surface area contributed by atoms with Gasteiger partial charge in [0.2, 0.25) is 5.91 Å². The first kappa shape index (κ1) is 18.9. The van der Waals surface area contributed by atoms with Crippen LogP contribution >= 0.6 is 11.3 Å². The zero-order valence-electron chi connectivity index (χ0n) is 15.4. The van der Waals surface area contributed by atoms with E-state index in [0.717, 1.165) is 42.5 Å². The van der Waals surface area contributed by atoms with Crippen molar-refractivity contribution in [3.05, 3.63) is 35.6 Å². The van der Waals surface area contributed by atoms with E-state index in [1.165, 1.54) is 11.3 Å². The number of carbonyl (C=O) groups excluding carboxylic acids is 1. The molecule has 1 amide bonds. The Morgan fingerprint density at radius 1 is 1.50 bits per heavy atom. The predicted molar refractivity (Wildman–Crippen MR) is 103 cm³/mol. The van der Waals surface area contributed by atoms with E-state index < -0.39 is 0 Å². The quantitative estimate of drug-likeness (QED) is 0.805. The lowest BCUT2D eigenvalue weighted by molar-refractivity contribution is -0.121. The first-order chi connectivity index (χ1) is 12.6. The molecule has 0 saturated carbocycles. The van der Waals surface area contributed by atoms with Crippen LogP contribution in [0.25, 0.3) is 10.6 Å². The summed E-state index contributed by atoms with van der Waals surface area (Å²) in [5, 5.41) is 5.81. The molecule has 6 nitrogen and oxygen atoms in total. The molecule has 1 N–H and O–H groups in total. The van der Waals surface area contributed by atoms with E-state index in [-0.39, 0.29) is 12.0 Å². The van der Waals surface area contributed by atoms with Crippen LogP contribution in [-0.2, 0) is 16.0 Å². The van der Waals surface area contributed by atoms with Crippen molar-refractivity contribution in [3.63, 3.8) is 0 Å². The molecular weight excluding hydrogens is 348 g/mol. The van der Waals surface area contributed by atoms with E-state index in [1.807, 2.05) is 17.5 Å². The Balaban J connectivity index is 1.45. The van der Waals surface area contributed by atoms with Gasteiger partial charge in [-0.25, -0.2) is 4.98 Å². The Bertz CT molecular complexity index is 705. The molecule has 0 radical (unpaired) electrons. The van der Waals surface area contributed by atoms with Crippen molar-refractivity contribution in [1.82, 2.24) is 20.2 Å². The molecule has 26 heavy (non-hydrogen) atoms. The smallest absolute Gasteiger partial charge is 0.226 e. The number of carbonyl (C=O) groups is 1. The number of aromatic nitrogens is 2. The maximum Gasteiger partial charge on any atom is 0.226 e. The lowest BCUT2D eigenvalue weighted by Gasteiger charge is -2.33. The number of pyridine rings is 1. The first-order valence-corrected chi connectivity index (χ1v) is 9.93. The standard InChI is InChI=1S/C19H26N4O2S/c1-14(2)11-23-6-7-25-17(12-23)10-21-18(24)8-16-13-26-19(22-16)15-4-3-5-20-9-15/h3-5,9,13-14,17H,6-8,10-12H2,1-2H3,(H,21,24). The number of nitrogens with one attached hydrogen (secondary N) is 1. The molecule has 3 heterocycles. The molecule has 0 bridgehead atoms. The van der Waals surface area contributed by atoms with Gasteiger partial charge in [-0.3, -0.25) is 14.7 Å². The minimum atomic E-state index is -0.0161. The Labute approximate surface area is 158 Å². The second-order valence-corrected chi connectivity index (χ2v) is 7.87. The van der Waals surface area contributed by atoms with Crippen LogP contribution in [0.1, 0.15) is 19.5 Å². The normalized spacial score (nSPS) is 18.2. The van der Waals surface area contributed by atoms with Gasteiger partial charge >= 0.3 is 0 Å². The number of ether oxygens (including phenoxy) is 1. The Hall–Kier alpha value is -1.83. The van der Waals surface area contributed by atoms with E-state index in [9.17, 15) is 4.79 Å². The summed E-state index contributed by atoms with van der Waals surface area (Å²) in [6.45, 7) is 8.64. The van der Waals surface area contributed by atoms with Crippen LogP contribution in [0.15, 0.2) is 29.9 Å². The van der Waals surface area contributed by atoms with E-state index in [4.69, 9.17) is 4.74 Å². The van der Waals surface area contributed by atoms with Gasteiger partial charge in [0.1, 0.15) is 5.01 Å². The molecule has 0 spiro atoms. The van der Waals surface area contributed by atoms with Crippen molar-refractivity contribution in [2.45, 2.75) is 26.4 Å². The van der Waals surface area contributed by atoms with Gasteiger partial charge in [0.15, 0.2) is 0 Å². The molecule has 7 heteroatoms. The van der Waals surface area contributed by atoms with Crippen LogP contribution in [0.3, 0.4) is 0 Å². The molecule has 0 aliphatic carbocycles. The molecule has 1 fully saturated rings. The van der Waals surface area contributed by atoms with Crippen LogP contribution in [0.2, 0.25) is 0 Å². The molecule has 2 aromatic rings. The number of thiazole rings is 1. The van der Waals surface area contributed by atoms with Crippen molar-refractivity contribution in [2.24, 2.45) is 5.92 Å². The molecule has 2 aromatic heterocycles. The number of rotatable bonds is 7. The summed E-state index contributed by atoms with van der Waals surface area (Å²) >= 11 is 1.53. The third kappa shape index (κ3) is 5.59. The maximum absolute atomic E-state index is 12.2. The zero-order valence-corrected chi connectivity index (χ0v) is 16.2. The van der Waals surface area contributed by atoms with Crippen LogP contribution < -0.4 is 5.32 Å². The Kier molecular flexibility index (Phi) is 6.71. The van der Waals surface area contributed by atoms with Crippen LogP contribution in [0.4, 0.5) is 0 Å². The second-order valence-electron chi connectivity index (χ2n) is 7.01. The average molecular weight is 375 g/mol. The summed E-state index contributed by atoms with van der Waals surface area (Å²) in [7, 11) is 0. The fourth-order valence-electron chi connectivity index (χ4n) is 3.05. The van der Waals surface area contributed by atoms with Crippen molar-refractivity contribution in [1.29, 1.82) is 0 Å². The van der Waals surface area contributed by atoms with Gasteiger partial charge < -0.3 is 10.1 Å². The topological polar surface area (TPSA) is 67.3 Å². The number of morpholine rings is 1. The summed E-state index contributed by atoms with van der Waals surface area (Å²) in [6.07, 6.45) is 3.87. The largest absolute Gasteiger partial charge is 0.374 e. The molecule has 3 rings (SSSR count). The highest BCUT2D eigenvalue weighted by molar-refractivity contribution is 7.13. The van der Waals surface area contributed by atoms with Gasteiger partial charge in [0.05, 0.1) is 24.8 Å². The Morgan fingerprint density at radius 3 is 3.15 bits per heavy atom. The van der Waals surface area contributed by atoms with Gasteiger partial charge in [0.25, 0.3) is 0 Å². The van der Waals surface area contributed by atoms with Crippen LogP contribution in [-0.4, -0.2) is 59.7 Å². The molecule has 1 unspecified atom stereocenters. The highest BCUT2D eigenvalue weighted by Crippen LogP contribution is 2.22. The lowest BCUT2D eigenvalue weighted by Crippen LogP contribution is -2.48. The minimum absolute atomic E-state index is 0.0161. The van der Waals surface area contributed by atoms with Gasteiger partial charge in [-0.1, -0.05) is 13.8 Å². The van der Waals surface area contributed by atoms with E-state index in [0.29, 0.717) is 18.9 Å². The fraction of sp³-hybridized carbons (Fsp3) is 0.526. The Morgan fingerprint density at radius 2 is 2.38 bits per heavy atom. The first-order valence-electron chi connectivity index (χ1n) is 9.05. The van der Waals surface area contributed by atoms with Gasteiger partial charge in [-0.15, -0.1) is 11.3 Å². The van der Waals surface area contributed by atoms with Gasteiger partial charge in [-0.05, 0) is 18.1 Å². The highest BCUT2D eigenvalue weighted by atomic mass is 32.1. The molecule has 1 aliphatic heterocycles. The number of nitrogens with zero attached hydrogens (tertiary/aromatic N) is 3. The minimum Gasteiger partial charge on any atom is -0.374 e. The third-order valence-corrected chi connectivity index (χ3v) is 5.12. The summed E-state index contributed by atoms with van der Waals surface area (Å²) < 4.78 is 5.78. The van der Waals surface area contributed by atoms with E-state index >= 15 is 0 Å². The van der Waals surface area contributed by atoms with Crippen molar-refractivity contribution >= 4 is 17.2 Å². The highest BCUT2D eigenvalue weighted by Gasteiger charge is 2.21. The fourth-order valence-corrected chi connectivity index (χ4v) is 3.86. The van der Waals surface area contributed by atoms with E-state index in [2.05, 4.69) is 34.0 Å². The molecular formula is C19H26N4O2S. The second kappa shape index (κ2) is 9.21. The third-order valence-electron chi connectivity index (χ3n) is 4.18. The lowest BCUT2D eigenvalue weighted by atomic mass is 10.2.